The van der Waals surface area contributed by atoms with Crippen molar-refractivity contribution < 1.29 is 4.79 Å². The number of hydrogen-bond donors (Lipinski definition) is 1. The van der Waals surface area contributed by atoms with Crippen molar-refractivity contribution in [2.45, 2.75) is 13.3 Å². The van der Waals surface area contributed by atoms with Gasteiger partial charge in [-0.25, -0.2) is 0 Å². The molecule has 0 radical (unpaired) electrons. The quantitative estimate of drug-likeness (QED) is 0.610. The number of nitroso groups, excluding NO2 is 1. The molecule has 0 aromatic rings. The Morgan fingerprint density at radius 1 is 1.82 bits per heavy atom. The van der Waals surface area contributed by atoms with Gasteiger partial charge in [0.2, 0.25) is 5.91 Å². The second kappa shape index (κ2) is 2.15. The van der Waals surface area contributed by atoms with Crippen molar-refractivity contribution >= 4 is 5.91 Å². The van der Waals surface area contributed by atoms with Crippen molar-refractivity contribution in [3.63, 3.8) is 0 Å². The molecule has 4 nitrogen and oxygen atoms in total. The average molecular weight is 154 g/mol. The van der Waals surface area contributed by atoms with E-state index in [4.69, 9.17) is 5.73 Å². The molecule has 1 fully saturated rings. The van der Waals surface area contributed by atoms with Gasteiger partial charge in [-0.2, -0.15) is 0 Å². The zero-order valence-electron chi connectivity index (χ0n) is 6.33. The van der Waals surface area contributed by atoms with Gasteiger partial charge in [-0.3, -0.25) is 4.79 Å². The van der Waals surface area contributed by atoms with Crippen molar-refractivity contribution in [2.75, 3.05) is 0 Å². The number of primary amides is 1. The van der Waals surface area contributed by atoms with Crippen LogP contribution in [-0.4, -0.2) is 5.91 Å². The molecule has 1 aliphatic carbocycles. The Balaban J connectivity index is 2.67. The summed E-state index contributed by atoms with van der Waals surface area (Å²) in [6.45, 7) is 5.14. The van der Waals surface area contributed by atoms with E-state index in [1.807, 2.05) is 0 Å². The van der Waals surface area contributed by atoms with E-state index in [0.717, 1.165) is 0 Å². The predicted octanol–water partition coefficient (Wildman–Crippen LogP) is 0.778. The van der Waals surface area contributed by atoms with Gasteiger partial charge in [0.1, 0.15) is 0 Å². The molecule has 2 N–H and O–H groups in total. The SMILES string of the molecule is C=C(N=O)C1CC1(C)C(N)=O. The molecule has 0 aromatic carbocycles. The van der Waals surface area contributed by atoms with Gasteiger partial charge >= 0.3 is 0 Å². The van der Waals surface area contributed by atoms with E-state index < -0.39 is 5.41 Å². The number of carbonyl (C=O) groups is 1. The fourth-order valence-electron chi connectivity index (χ4n) is 1.19. The minimum absolute atomic E-state index is 0.127. The lowest BCUT2D eigenvalue weighted by Gasteiger charge is -2.02. The third-order valence-corrected chi connectivity index (χ3v) is 2.32. The summed E-state index contributed by atoms with van der Waals surface area (Å²) in [7, 11) is 0. The van der Waals surface area contributed by atoms with Crippen LogP contribution in [-0.2, 0) is 4.79 Å². The number of carbonyl (C=O) groups excluding carboxylic acids is 1. The summed E-state index contributed by atoms with van der Waals surface area (Å²) in [6, 6.07) is 0. The molecule has 0 spiro atoms. The van der Waals surface area contributed by atoms with Crippen LogP contribution in [0.2, 0.25) is 0 Å². The molecule has 0 heterocycles. The number of nitrogens with zero attached hydrogens (tertiary/aromatic N) is 1. The van der Waals surface area contributed by atoms with E-state index >= 15 is 0 Å². The third kappa shape index (κ3) is 1.04. The summed E-state index contributed by atoms with van der Waals surface area (Å²) in [6.07, 6.45) is 0.604. The number of hydrogen-bond acceptors (Lipinski definition) is 3. The number of rotatable bonds is 3. The molecular weight excluding hydrogens is 144 g/mol. The Morgan fingerprint density at radius 3 is 2.64 bits per heavy atom. The van der Waals surface area contributed by atoms with Crippen molar-refractivity contribution in [1.82, 2.24) is 0 Å². The topological polar surface area (TPSA) is 72.5 Å². The Kier molecular flexibility index (Phi) is 1.55. The van der Waals surface area contributed by atoms with Crippen LogP contribution in [0, 0.1) is 16.2 Å². The zero-order valence-corrected chi connectivity index (χ0v) is 6.33. The Hall–Kier alpha value is -1.19. The largest absolute Gasteiger partial charge is 0.369 e. The van der Waals surface area contributed by atoms with Gasteiger partial charge in [-0.15, -0.1) is 4.91 Å². The first-order chi connectivity index (χ1) is 5.02. The lowest BCUT2D eigenvalue weighted by molar-refractivity contribution is -0.122. The van der Waals surface area contributed by atoms with E-state index in [9.17, 15) is 9.70 Å². The maximum atomic E-state index is 10.8. The van der Waals surface area contributed by atoms with Crippen LogP contribution in [0.15, 0.2) is 17.5 Å². The van der Waals surface area contributed by atoms with Crippen LogP contribution in [0.1, 0.15) is 13.3 Å². The molecule has 1 aliphatic rings. The maximum absolute atomic E-state index is 10.8. The highest BCUT2D eigenvalue weighted by Crippen LogP contribution is 2.55. The van der Waals surface area contributed by atoms with Crippen LogP contribution in [0.25, 0.3) is 0 Å². The Labute approximate surface area is 64.4 Å². The Morgan fingerprint density at radius 2 is 2.36 bits per heavy atom. The van der Waals surface area contributed by atoms with Crippen LogP contribution in [0.3, 0.4) is 0 Å². The molecule has 2 atom stereocenters. The molecule has 0 aliphatic heterocycles. The van der Waals surface area contributed by atoms with Gasteiger partial charge in [-0.1, -0.05) is 13.5 Å². The minimum Gasteiger partial charge on any atom is -0.369 e. The molecule has 1 saturated carbocycles. The minimum atomic E-state index is -0.564. The fraction of sp³-hybridized carbons (Fsp3) is 0.571. The number of nitrogens with two attached hydrogens (primary N) is 1. The van der Waals surface area contributed by atoms with Crippen molar-refractivity contribution in [3.8, 4) is 0 Å². The molecule has 0 saturated heterocycles. The highest BCUT2D eigenvalue weighted by Gasteiger charge is 2.56. The molecule has 4 heteroatoms. The lowest BCUT2D eigenvalue weighted by atomic mass is 10.1. The summed E-state index contributed by atoms with van der Waals surface area (Å²) in [5.41, 5.74) is 4.75. The van der Waals surface area contributed by atoms with Gasteiger partial charge in [0.05, 0.1) is 11.1 Å². The van der Waals surface area contributed by atoms with E-state index in [0.29, 0.717) is 6.42 Å². The normalized spacial score (nSPS) is 34.5. The Bertz CT molecular complexity index is 237. The highest BCUT2D eigenvalue weighted by molar-refractivity contribution is 5.84. The third-order valence-electron chi connectivity index (χ3n) is 2.32. The van der Waals surface area contributed by atoms with Crippen LogP contribution >= 0.6 is 0 Å². The van der Waals surface area contributed by atoms with Crippen molar-refractivity contribution in [1.29, 1.82) is 0 Å². The summed E-state index contributed by atoms with van der Waals surface area (Å²) in [4.78, 5) is 20.7. The average Bonchev–Trinajstić information content (AvgIpc) is 2.63. The van der Waals surface area contributed by atoms with Crippen LogP contribution in [0.4, 0.5) is 0 Å². The van der Waals surface area contributed by atoms with Crippen LogP contribution < -0.4 is 5.73 Å². The first kappa shape index (κ1) is 7.91. The van der Waals surface area contributed by atoms with E-state index in [-0.39, 0.29) is 17.5 Å². The molecule has 60 valence electrons. The maximum Gasteiger partial charge on any atom is 0.224 e. The number of allylic oxidation sites excluding steroid dienone is 1. The molecule has 1 rings (SSSR count). The predicted molar refractivity (Wildman–Crippen MR) is 40.3 cm³/mol. The summed E-state index contributed by atoms with van der Waals surface area (Å²) in [5.74, 6) is -0.509. The molecule has 0 aromatic heterocycles. The molecule has 11 heavy (non-hydrogen) atoms. The van der Waals surface area contributed by atoms with Crippen molar-refractivity contribution in [3.05, 3.63) is 17.2 Å². The summed E-state index contributed by atoms with van der Waals surface area (Å²) in [5, 5.41) is 2.68. The summed E-state index contributed by atoms with van der Waals surface area (Å²) >= 11 is 0. The van der Waals surface area contributed by atoms with E-state index in [2.05, 4.69) is 11.8 Å². The zero-order chi connectivity index (χ0) is 8.65. The van der Waals surface area contributed by atoms with Gasteiger partial charge in [-0.05, 0) is 11.6 Å². The van der Waals surface area contributed by atoms with Gasteiger partial charge < -0.3 is 5.73 Å². The first-order valence-corrected chi connectivity index (χ1v) is 3.34. The van der Waals surface area contributed by atoms with Crippen LogP contribution in [0.5, 0.6) is 0 Å². The van der Waals surface area contributed by atoms with Gasteiger partial charge in [0, 0.05) is 5.92 Å². The summed E-state index contributed by atoms with van der Waals surface area (Å²) < 4.78 is 0. The van der Waals surface area contributed by atoms with Crippen molar-refractivity contribution in [2.24, 2.45) is 22.2 Å². The second-order valence-electron chi connectivity index (χ2n) is 3.12. The fourth-order valence-corrected chi connectivity index (χ4v) is 1.19. The first-order valence-electron chi connectivity index (χ1n) is 3.34. The lowest BCUT2D eigenvalue weighted by Crippen LogP contribution is -2.23. The highest BCUT2D eigenvalue weighted by atomic mass is 16.3. The standard InChI is InChI=1S/C7H10N2O2/c1-4(9-11)5-3-7(5,2)6(8)10/h5H,1,3H2,2H3,(H2,8,10). The van der Waals surface area contributed by atoms with Gasteiger partial charge in [0.25, 0.3) is 0 Å². The number of amides is 1. The second-order valence-corrected chi connectivity index (χ2v) is 3.12. The molecule has 0 bridgehead atoms. The van der Waals surface area contributed by atoms with E-state index in [1.165, 1.54) is 0 Å². The van der Waals surface area contributed by atoms with E-state index in [1.54, 1.807) is 6.92 Å². The monoisotopic (exact) mass is 154 g/mol. The molecule has 1 amide bonds. The molecular formula is C7H10N2O2. The molecule has 2 unspecified atom stereocenters. The van der Waals surface area contributed by atoms with Gasteiger partial charge in [0.15, 0.2) is 0 Å². The smallest absolute Gasteiger partial charge is 0.224 e.